The van der Waals surface area contributed by atoms with E-state index in [0.29, 0.717) is 19.5 Å². The number of carbonyl (C=O) groups is 2. The van der Waals surface area contributed by atoms with Gasteiger partial charge in [0, 0.05) is 37.0 Å². The van der Waals surface area contributed by atoms with E-state index in [1.54, 1.807) is 41.8 Å². The number of carboxylic acid groups (broad SMARTS) is 2. The standard InChI is InChI=1S/C23H27N3O4S/c1-2-3-6-21-25-14-18(13-24-20(23(29)30)12-19-5-4-11-31-19)26(21)15-16-7-9-17(10-8-16)22(27)28/h4-5,7-11,14,20,24H,2-3,6,12-13,15H2,1H3,(H,27,28)(H,29,30)/t20-/m0/s1. The van der Waals surface area contributed by atoms with Gasteiger partial charge in [0.1, 0.15) is 11.9 Å². The first-order valence-electron chi connectivity index (χ1n) is 10.3. The largest absolute Gasteiger partial charge is 0.480 e. The zero-order valence-electron chi connectivity index (χ0n) is 17.5. The average Bonchev–Trinajstić information content (AvgIpc) is 3.40. The number of nitrogens with zero attached hydrogens (tertiary/aromatic N) is 2. The maximum Gasteiger partial charge on any atom is 0.335 e. The fourth-order valence-corrected chi connectivity index (χ4v) is 4.11. The summed E-state index contributed by atoms with van der Waals surface area (Å²) in [6.45, 7) is 3.07. The average molecular weight is 442 g/mol. The van der Waals surface area contributed by atoms with Gasteiger partial charge in [0.25, 0.3) is 0 Å². The molecule has 3 N–H and O–H groups in total. The first-order valence-corrected chi connectivity index (χ1v) is 11.2. The Hall–Kier alpha value is -2.97. The van der Waals surface area contributed by atoms with E-state index in [9.17, 15) is 14.7 Å². The minimum absolute atomic E-state index is 0.250. The van der Waals surface area contributed by atoms with Crippen LogP contribution in [0.3, 0.4) is 0 Å². The summed E-state index contributed by atoms with van der Waals surface area (Å²) in [4.78, 5) is 28.4. The third-order valence-corrected chi connectivity index (χ3v) is 6.03. The molecule has 1 atom stereocenters. The van der Waals surface area contributed by atoms with E-state index in [0.717, 1.165) is 41.2 Å². The highest BCUT2D eigenvalue weighted by Gasteiger charge is 2.19. The summed E-state index contributed by atoms with van der Waals surface area (Å²) in [5.41, 5.74) is 2.13. The van der Waals surface area contributed by atoms with Gasteiger partial charge in [-0.2, -0.15) is 0 Å². The van der Waals surface area contributed by atoms with Gasteiger partial charge in [0.05, 0.1) is 11.3 Å². The van der Waals surface area contributed by atoms with E-state index in [2.05, 4.69) is 21.8 Å². The summed E-state index contributed by atoms with van der Waals surface area (Å²) < 4.78 is 2.10. The number of aliphatic carboxylic acids is 1. The van der Waals surface area contributed by atoms with Crippen LogP contribution < -0.4 is 5.32 Å². The number of rotatable bonds is 12. The fourth-order valence-electron chi connectivity index (χ4n) is 3.36. The van der Waals surface area contributed by atoms with E-state index in [4.69, 9.17) is 5.11 Å². The lowest BCUT2D eigenvalue weighted by atomic mass is 10.1. The van der Waals surface area contributed by atoms with E-state index in [1.807, 2.05) is 17.5 Å². The highest BCUT2D eigenvalue weighted by atomic mass is 32.1. The van der Waals surface area contributed by atoms with Crippen molar-refractivity contribution < 1.29 is 19.8 Å². The van der Waals surface area contributed by atoms with Gasteiger partial charge >= 0.3 is 11.9 Å². The number of carboxylic acids is 2. The second kappa shape index (κ2) is 10.9. The van der Waals surface area contributed by atoms with Crippen LogP contribution in [0.25, 0.3) is 0 Å². The molecule has 7 nitrogen and oxygen atoms in total. The third-order valence-electron chi connectivity index (χ3n) is 5.13. The van der Waals surface area contributed by atoms with Gasteiger partial charge in [0.15, 0.2) is 0 Å². The normalized spacial score (nSPS) is 12.0. The minimum atomic E-state index is -0.951. The molecule has 0 amide bonds. The summed E-state index contributed by atoms with van der Waals surface area (Å²) in [5.74, 6) is -0.880. The maximum atomic E-state index is 11.7. The quantitative estimate of drug-likeness (QED) is 0.395. The zero-order valence-corrected chi connectivity index (χ0v) is 18.3. The molecule has 3 rings (SSSR count). The number of hydrogen-bond donors (Lipinski definition) is 3. The molecule has 0 fully saturated rings. The van der Waals surface area contributed by atoms with Gasteiger partial charge in [-0.15, -0.1) is 11.3 Å². The van der Waals surface area contributed by atoms with Gasteiger partial charge in [-0.3, -0.25) is 10.1 Å². The van der Waals surface area contributed by atoms with Crippen molar-refractivity contribution in [1.82, 2.24) is 14.9 Å². The van der Waals surface area contributed by atoms with Crippen molar-refractivity contribution in [2.24, 2.45) is 0 Å². The molecule has 3 aromatic rings. The summed E-state index contributed by atoms with van der Waals surface area (Å²) in [6, 6.07) is 9.98. The first-order chi connectivity index (χ1) is 15.0. The third kappa shape index (κ3) is 6.26. The van der Waals surface area contributed by atoms with Gasteiger partial charge in [-0.05, 0) is 35.6 Å². The molecule has 0 bridgehead atoms. The molecular formula is C23H27N3O4S. The molecule has 0 saturated carbocycles. The molecule has 31 heavy (non-hydrogen) atoms. The van der Waals surface area contributed by atoms with E-state index >= 15 is 0 Å². The lowest BCUT2D eigenvalue weighted by molar-refractivity contribution is -0.139. The van der Waals surface area contributed by atoms with Gasteiger partial charge in [-0.1, -0.05) is 31.5 Å². The Balaban J connectivity index is 1.76. The van der Waals surface area contributed by atoms with Crippen LogP contribution >= 0.6 is 11.3 Å². The number of hydrogen-bond acceptors (Lipinski definition) is 5. The van der Waals surface area contributed by atoms with Crippen molar-refractivity contribution >= 4 is 23.3 Å². The van der Waals surface area contributed by atoms with Crippen molar-refractivity contribution in [2.45, 2.75) is 51.7 Å². The Morgan fingerprint density at radius 2 is 1.97 bits per heavy atom. The Morgan fingerprint density at radius 3 is 2.58 bits per heavy atom. The molecule has 164 valence electrons. The Morgan fingerprint density at radius 1 is 1.19 bits per heavy atom. The molecule has 0 aliphatic heterocycles. The number of imidazole rings is 1. The Labute approximate surface area is 185 Å². The Kier molecular flexibility index (Phi) is 7.97. The predicted octanol–water partition coefficient (Wildman–Crippen LogP) is 3.82. The van der Waals surface area contributed by atoms with Crippen molar-refractivity contribution in [2.75, 3.05) is 0 Å². The second-order valence-corrected chi connectivity index (χ2v) is 8.44. The molecule has 0 radical (unpaired) electrons. The highest BCUT2D eigenvalue weighted by molar-refractivity contribution is 7.09. The molecule has 8 heteroatoms. The molecule has 2 heterocycles. The van der Waals surface area contributed by atoms with Gasteiger partial charge in [-0.25, -0.2) is 9.78 Å². The molecule has 0 aliphatic rings. The van der Waals surface area contributed by atoms with Crippen LogP contribution in [0.2, 0.25) is 0 Å². The van der Waals surface area contributed by atoms with Crippen molar-refractivity contribution in [1.29, 1.82) is 0 Å². The zero-order chi connectivity index (χ0) is 22.2. The molecule has 1 aromatic carbocycles. The minimum Gasteiger partial charge on any atom is -0.480 e. The number of aryl methyl sites for hydroxylation is 1. The molecule has 0 saturated heterocycles. The number of nitrogens with one attached hydrogen (secondary N) is 1. The number of thiophene rings is 1. The van der Waals surface area contributed by atoms with Crippen LogP contribution in [0.1, 0.15) is 52.1 Å². The SMILES string of the molecule is CCCCc1ncc(CN[C@@H](Cc2cccs2)C(=O)O)n1Cc1ccc(C(=O)O)cc1. The van der Waals surface area contributed by atoms with E-state index < -0.39 is 18.0 Å². The van der Waals surface area contributed by atoms with Crippen LogP contribution in [0.5, 0.6) is 0 Å². The predicted molar refractivity (Wildman–Crippen MR) is 120 cm³/mol. The summed E-state index contributed by atoms with van der Waals surface area (Å²) in [6.07, 6.45) is 5.13. The van der Waals surface area contributed by atoms with Crippen molar-refractivity contribution in [3.8, 4) is 0 Å². The smallest absolute Gasteiger partial charge is 0.335 e. The van der Waals surface area contributed by atoms with Crippen LogP contribution in [0.4, 0.5) is 0 Å². The molecule has 0 spiro atoms. The molecule has 0 unspecified atom stereocenters. The summed E-state index contributed by atoms with van der Waals surface area (Å²) >= 11 is 1.55. The molecule has 2 aromatic heterocycles. The van der Waals surface area contributed by atoms with Crippen LogP contribution in [0.15, 0.2) is 48.0 Å². The lowest BCUT2D eigenvalue weighted by Crippen LogP contribution is -2.38. The highest BCUT2D eigenvalue weighted by Crippen LogP contribution is 2.15. The molecular weight excluding hydrogens is 414 g/mol. The summed E-state index contributed by atoms with van der Waals surface area (Å²) in [5, 5.41) is 23.8. The Bertz CT molecular complexity index is 997. The van der Waals surface area contributed by atoms with E-state index in [1.165, 1.54) is 0 Å². The fraction of sp³-hybridized carbons (Fsp3) is 0.348. The van der Waals surface area contributed by atoms with Crippen LogP contribution in [-0.4, -0.2) is 37.7 Å². The lowest BCUT2D eigenvalue weighted by Gasteiger charge is -2.16. The second-order valence-electron chi connectivity index (χ2n) is 7.41. The number of aromatic carboxylic acids is 1. The maximum absolute atomic E-state index is 11.7. The molecule has 0 aliphatic carbocycles. The summed E-state index contributed by atoms with van der Waals surface area (Å²) in [7, 11) is 0. The number of unbranched alkanes of at least 4 members (excludes halogenated alkanes) is 1. The van der Waals surface area contributed by atoms with Gasteiger partial charge in [0.2, 0.25) is 0 Å². The first kappa shape index (κ1) is 22.7. The monoisotopic (exact) mass is 441 g/mol. The van der Waals surface area contributed by atoms with Gasteiger partial charge < -0.3 is 14.8 Å². The topological polar surface area (TPSA) is 104 Å². The van der Waals surface area contributed by atoms with Crippen molar-refractivity contribution in [3.05, 3.63) is 75.5 Å². The van der Waals surface area contributed by atoms with Crippen LogP contribution in [0, 0.1) is 0 Å². The van der Waals surface area contributed by atoms with Crippen molar-refractivity contribution in [3.63, 3.8) is 0 Å². The number of benzene rings is 1. The van der Waals surface area contributed by atoms with Crippen LogP contribution in [-0.2, 0) is 30.7 Å². The van der Waals surface area contributed by atoms with E-state index in [-0.39, 0.29) is 5.56 Å². The number of aromatic nitrogens is 2.